The maximum Gasteiger partial charge on any atom is 0.138 e. The van der Waals surface area contributed by atoms with E-state index in [9.17, 15) is 0 Å². The first kappa shape index (κ1) is 13.3. The molecule has 1 heterocycles. The van der Waals surface area contributed by atoms with Crippen LogP contribution in [0.3, 0.4) is 0 Å². The maximum absolute atomic E-state index is 4.34. The minimum absolute atomic E-state index is 0.819. The van der Waals surface area contributed by atoms with E-state index in [2.05, 4.69) is 53.1 Å². The van der Waals surface area contributed by atoms with Gasteiger partial charge in [-0.25, -0.2) is 9.97 Å². The molecule has 4 nitrogen and oxygen atoms in total. The molecule has 19 heavy (non-hydrogen) atoms. The van der Waals surface area contributed by atoms with Gasteiger partial charge in [0.15, 0.2) is 0 Å². The zero-order valence-corrected chi connectivity index (χ0v) is 12.2. The summed E-state index contributed by atoms with van der Waals surface area (Å²) in [4.78, 5) is 10.6. The van der Waals surface area contributed by atoms with Gasteiger partial charge in [-0.3, -0.25) is 0 Å². The Bertz CT molecular complexity index is 569. The summed E-state index contributed by atoms with van der Waals surface area (Å²) < 4.78 is 0. The Morgan fingerprint density at radius 3 is 2.21 bits per heavy atom. The van der Waals surface area contributed by atoms with Crippen LogP contribution in [0.2, 0.25) is 0 Å². The van der Waals surface area contributed by atoms with Crippen LogP contribution in [-0.4, -0.2) is 24.1 Å². The summed E-state index contributed by atoms with van der Waals surface area (Å²) in [7, 11) is 3.89. The second-order valence-corrected chi connectivity index (χ2v) is 4.82. The molecule has 0 amide bonds. The van der Waals surface area contributed by atoms with Gasteiger partial charge in [0, 0.05) is 25.8 Å². The number of nitrogens with one attached hydrogen (secondary N) is 1. The molecule has 0 aliphatic heterocycles. The van der Waals surface area contributed by atoms with Crippen molar-refractivity contribution in [2.75, 3.05) is 24.3 Å². The number of benzene rings is 1. The van der Waals surface area contributed by atoms with Crippen LogP contribution in [0, 0.1) is 20.8 Å². The molecule has 0 bridgehead atoms. The zero-order chi connectivity index (χ0) is 14.0. The van der Waals surface area contributed by atoms with Crippen LogP contribution in [-0.2, 0) is 0 Å². The van der Waals surface area contributed by atoms with Gasteiger partial charge in [-0.15, -0.1) is 0 Å². The second kappa shape index (κ2) is 5.26. The average Bonchev–Trinajstić information content (AvgIpc) is 2.37. The third-order valence-corrected chi connectivity index (χ3v) is 3.22. The van der Waals surface area contributed by atoms with Crippen molar-refractivity contribution in [2.24, 2.45) is 0 Å². The van der Waals surface area contributed by atoms with Crippen LogP contribution in [0.25, 0.3) is 0 Å². The molecule has 0 saturated heterocycles. The molecule has 2 aromatic rings. The van der Waals surface area contributed by atoms with Crippen molar-refractivity contribution in [1.29, 1.82) is 0 Å². The highest BCUT2D eigenvalue weighted by Crippen LogP contribution is 2.30. The van der Waals surface area contributed by atoms with Gasteiger partial charge in [0.05, 0.1) is 0 Å². The standard InChI is InChI=1S/C15H20N4/c1-10-6-11(2)15(12(3)7-10)19(5)14-8-13(16-4)17-9-18-14/h6-9H,1-5H3,(H,16,17,18). The van der Waals surface area contributed by atoms with Gasteiger partial charge in [0.25, 0.3) is 0 Å². The third kappa shape index (κ3) is 2.67. The van der Waals surface area contributed by atoms with E-state index in [1.165, 1.54) is 22.4 Å². The normalized spacial score (nSPS) is 10.4. The molecular weight excluding hydrogens is 236 g/mol. The molecular formula is C15H20N4. The lowest BCUT2D eigenvalue weighted by Crippen LogP contribution is -2.14. The van der Waals surface area contributed by atoms with E-state index in [0.29, 0.717) is 0 Å². The summed E-state index contributed by atoms with van der Waals surface area (Å²) in [5.41, 5.74) is 4.99. The lowest BCUT2D eigenvalue weighted by Gasteiger charge is -2.23. The van der Waals surface area contributed by atoms with Gasteiger partial charge in [-0.05, 0) is 31.9 Å². The van der Waals surface area contributed by atoms with Crippen molar-refractivity contribution in [1.82, 2.24) is 9.97 Å². The van der Waals surface area contributed by atoms with Gasteiger partial charge in [-0.1, -0.05) is 17.7 Å². The lowest BCUT2D eigenvalue weighted by atomic mass is 10.0. The number of rotatable bonds is 3. The average molecular weight is 256 g/mol. The molecule has 100 valence electrons. The molecule has 2 rings (SSSR count). The summed E-state index contributed by atoms with van der Waals surface area (Å²) >= 11 is 0. The Kier molecular flexibility index (Phi) is 3.69. The van der Waals surface area contributed by atoms with E-state index in [0.717, 1.165) is 11.6 Å². The molecule has 0 aliphatic carbocycles. The molecule has 0 saturated carbocycles. The Hall–Kier alpha value is -2.10. The molecule has 0 radical (unpaired) electrons. The van der Waals surface area contributed by atoms with Gasteiger partial charge in [0.1, 0.15) is 18.0 Å². The zero-order valence-electron chi connectivity index (χ0n) is 12.2. The number of aromatic nitrogens is 2. The quantitative estimate of drug-likeness (QED) is 0.915. The fraction of sp³-hybridized carbons (Fsp3) is 0.333. The van der Waals surface area contributed by atoms with Crippen molar-refractivity contribution < 1.29 is 0 Å². The number of hydrogen-bond acceptors (Lipinski definition) is 4. The van der Waals surface area contributed by atoms with Gasteiger partial charge in [-0.2, -0.15) is 0 Å². The Morgan fingerprint density at radius 1 is 1.00 bits per heavy atom. The monoisotopic (exact) mass is 256 g/mol. The van der Waals surface area contributed by atoms with Crippen LogP contribution >= 0.6 is 0 Å². The van der Waals surface area contributed by atoms with Crippen molar-refractivity contribution in [3.63, 3.8) is 0 Å². The van der Waals surface area contributed by atoms with Crippen LogP contribution < -0.4 is 10.2 Å². The van der Waals surface area contributed by atoms with Crippen LogP contribution in [0.1, 0.15) is 16.7 Å². The number of hydrogen-bond donors (Lipinski definition) is 1. The van der Waals surface area contributed by atoms with Crippen LogP contribution in [0.15, 0.2) is 24.5 Å². The SMILES string of the molecule is CNc1cc(N(C)c2c(C)cc(C)cc2C)ncn1. The van der Waals surface area contributed by atoms with Crippen molar-refractivity contribution in [2.45, 2.75) is 20.8 Å². The molecule has 0 fully saturated rings. The first-order valence-electron chi connectivity index (χ1n) is 6.34. The number of aryl methyl sites for hydroxylation is 3. The fourth-order valence-electron chi connectivity index (χ4n) is 2.48. The summed E-state index contributed by atoms with van der Waals surface area (Å²) in [6.45, 7) is 6.38. The predicted octanol–water partition coefficient (Wildman–Crippen LogP) is 3.21. The molecule has 1 aromatic heterocycles. The summed E-state index contributed by atoms with van der Waals surface area (Å²) in [5, 5.41) is 3.03. The van der Waals surface area contributed by atoms with Gasteiger partial charge in [0.2, 0.25) is 0 Å². The largest absolute Gasteiger partial charge is 0.373 e. The first-order valence-corrected chi connectivity index (χ1v) is 6.34. The minimum Gasteiger partial charge on any atom is -0.373 e. The highest BCUT2D eigenvalue weighted by atomic mass is 15.2. The molecule has 0 atom stereocenters. The lowest BCUT2D eigenvalue weighted by molar-refractivity contribution is 1.06. The Balaban J connectivity index is 2.46. The molecule has 4 heteroatoms. The number of nitrogens with zero attached hydrogens (tertiary/aromatic N) is 3. The topological polar surface area (TPSA) is 41.0 Å². The van der Waals surface area contributed by atoms with Crippen LogP contribution in [0.4, 0.5) is 17.3 Å². The summed E-state index contributed by atoms with van der Waals surface area (Å²) in [5.74, 6) is 1.70. The van der Waals surface area contributed by atoms with E-state index < -0.39 is 0 Å². The molecule has 1 aromatic carbocycles. The van der Waals surface area contributed by atoms with Crippen molar-refractivity contribution in [3.05, 3.63) is 41.2 Å². The van der Waals surface area contributed by atoms with Crippen molar-refractivity contribution in [3.8, 4) is 0 Å². The third-order valence-electron chi connectivity index (χ3n) is 3.22. The second-order valence-electron chi connectivity index (χ2n) is 4.82. The highest BCUT2D eigenvalue weighted by Gasteiger charge is 2.12. The molecule has 0 unspecified atom stereocenters. The summed E-state index contributed by atoms with van der Waals surface area (Å²) in [6.07, 6.45) is 1.58. The van der Waals surface area contributed by atoms with Crippen LogP contribution in [0.5, 0.6) is 0 Å². The first-order chi connectivity index (χ1) is 9.02. The van der Waals surface area contributed by atoms with E-state index in [1.54, 1.807) is 6.33 Å². The van der Waals surface area contributed by atoms with E-state index in [1.807, 2.05) is 20.2 Å². The van der Waals surface area contributed by atoms with E-state index in [4.69, 9.17) is 0 Å². The Labute approximate surface area is 114 Å². The smallest absolute Gasteiger partial charge is 0.138 e. The van der Waals surface area contributed by atoms with Gasteiger partial charge >= 0.3 is 0 Å². The predicted molar refractivity (Wildman–Crippen MR) is 80.3 cm³/mol. The fourth-order valence-corrected chi connectivity index (χ4v) is 2.48. The van der Waals surface area contributed by atoms with Crippen molar-refractivity contribution >= 4 is 17.3 Å². The van der Waals surface area contributed by atoms with E-state index in [-0.39, 0.29) is 0 Å². The van der Waals surface area contributed by atoms with E-state index >= 15 is 0 Å². The number of anilines is 3. The Morgan fingerprint density at radius 2 is 1.63 bits per heavy atom. The molecule has 1 N–H and O–H groups in total. The molecule has 0 spiro atoms. The van der Waals surface area contributed by atoms with Gasteiger partial charge < -0.3 is 10.2 Å². The minimum atomic E-state index is 0.819. The summed E-state index contributed by atoms with van der Waals surface area (Å²) in [6, 6.07) is 6.33. The highest BCUT2D eigenvalue weighted by molar-refractivity contribution is 5.68. The molecule has 0 aliphatic rings. The maximum atomic E-state index is 4.34.